The molecule has 0 aliphatic rings. The fraction of sp³-hybridized carbons (Fsp3) is 0.167. The quantitative estimate of drug-likeness (QED) is 0.650. The summed E-state index contributed by atoms with van der Waals surface area (Å²) in [6, 6.07) is 27.8. The maximum atomic E-state index is 12.3. The van der Waals surface area contributed by atoms with E-state index in [0.717, 1.165) is 22.3 Å². The van der Waals surface area contributed by atoms with E-state index in [9.17, 15) is 9.59 Å². The molecule has 28 heavy (non-hydrogen) atoms. The van der Waals surface area contributed by atoms with E-state index >= 15 is 0 Å². The number of benzene rings is 3. The predicted molar refractivity (Wildman–Crippen MR) is 111 cm³/mol. The average Bonchev–Trinajstić information content (AvgIpc) is 2.74. The van der Waals surface area contributed by atoms with E-state index in [4.69, 9.17) is 0 Å². The first-order valence-corrected chi connectivity index (χ1v) is 9.35. The molecular formula is C24H24N2O2. The molecule has 0 saturated carbocycles. The first-order chi connectivity index (χ1) is 13.6. The smallest absolute Gasteiger partial charge is 0.309 e. The molecule has 0 aromatic heterocycles. The van der Waals surface area contributed by atoms with E-state index in [0.29, 0.717) is 13.1 Å². The summed E-state index contributed by atoms with van der Waals surface area (Å²) in [7, 11) is 0. The zero-order chi connectivity index (χ0) is 19.8. The van der Waals surface area contributed by atoms with Crippen molar-refractivity contribution in [3.63, 3.8) is 0 Å². The highest BCUT2D eigenvalue weighted by Crippen LogP contribution is 2.23. The normalized spacial score (nSPS) is 10.5. The van der Waals surface area contributed by atoms with Gasteiger partial charge in [0, 0.05) is 19.0 Å². The zero-order valence-electron chi connectivity index (χ0n) is 15.9. The Morgan fingerprint density at radius 2 is 1.21 bits per heavy atom. The molecule has 0 atom stereocenters. The van der Waals surface area contributed by atoms with E-state index in [1.807, 2.05) is 91.9 Å². The van der Waals surface area contributed by atoms with Crippen molar-refractivity contribution < 1.29 is 9.59 Å². The highest BCUT2D eigenvalue weighted by molar-refractivity contribution is 6.35. The molecule has 0 spiro atoms. The Bertz CT molecular complexity index is 867. The van der Waals surface area contributed by atoms with Crippen LogP contribution in [0.4, 0.5) is 0 Å². The molecule has 4 nitrogen and oxygen atoms in total. The minimum Gasteiger partial charge on any atom is -0.347 e. The van der Waals surface area contributed by atoms with Crippen LogP contribution in [0.5, 0.6) is 0 Å². The zero-order valence-corrected chi connectivity index (χ0v) is 15.9. The third-order valence-corrected chi connectivity index (χ3v) is 4.65. The van der Waals surface area contributed by atoms with E-state index < -0.39 is 11.8 Å². The van der Waals surface area contributed by atoms with Gasteiger partial charge in [-0.1, -0.05) is 90.5 Å². The van der Waals surface area contributed by atoms with Crippen LogP contribution in [0.1, 0.15) is 28.2 Å². The summed E-state index contributed by atoms with van der Waals surface area (Å²) in [4.78, 5) is 24.4. The van der Waals surface area contributed by atoms with Crippen molar-refractivity contribution >= 4 is 11.8 Å². The maximum Gasteiger partial charge on any atom is 0.309 e. The number of amides is 2. The van der Waals surface area contributed by atoms with Crippen molar-refractivity contribution in [1.82, 2.24) is 10.6 Å². The summed E-state index contributed by atoms with van der Waals surface area (Å²) in [6.07, 6.45) is 0. The van der Waals surface area contributed by atoms with Crippen LogP contribution in [-0.4, -0.2) is 18.4 Å². The molecule has 3 rings (SSSR count). The number of carbonyl (C=O) groups is 2. The molecule has 0 radical (unpaired) electrons. The van der Waals surface area contributed by atoms with Gasteiger partial charge in [-0.2, -0.15) is 0 Å². The molecule has 2 N–H and O–H groups in total. The lowest BCUT2D eigenvalue weighted by atomic mass is 9.91. The Hall–Kier alpha value is -3.40. The van der Waals surface area contributed by atoms with Crippen LogP contribution < -0.4 is 10.6 Å². The second-order valence-corrected chi connectivity index (χ2v) is 6.75. The monoisotopic (exact) mass is 372 g/mol. The molecule has 0 unspecified atom stereocenters. The van der Waals surface area contributed by atoms with E-state index in [-0.39, 0.29) is 5.92 Å². The van der Waals surface area contributed by atoms with Gasteiger partial charge in [-0.25, -0.2) is 0 Å². The van der Waals surface area contributed by atoms with Gasteiger partial charge in [0.25, 0.3) is 0 Å². The van der Waals surface area contributed by atoms with E-state index in [1.54, 1.807) is 0 Å². The Morgan fingerprint density at radius 3 is 1.75 bits per heavy atom. The number of carbonyl (C=O) groups excluding carboxylic acids is 2. The van der Waals surface area contributed by atoms with Crippen LogP contribution in [0, 0.1) is 6.92 Å². The molecule has 0 bridgehead atoms. The summed E-state index contributed by atoms with van der Waals surface area (Å²) >= 11 is 0. The van der Waals surface area contributed by atoms with Gasteiger partial charge in [0.15, 0.2) is 0 Å². The van der Waals surface area contributed by atoms with Gasteiger partial charge < -0.3 is 10.6 Å². The van der Waals surface area contributed by atoms with Crippen molar-refractivity contribution in [1.29, 1.82) is 0 Å². The van der Waals surface area contributed by atoms with Crippen LogP contribution in [-0.2, 0) is 16.1 Å². The molecule has 3 aromatic carbocycles. The van der Waals surface area contributed by atoms with Crippen LogP contribution in [0.15, 0.2) is 84.9 Å². The standard InChI is InChI=1S/C24H24N2O2/c1-18-12-14-19(15-13-18)16-25-23(27)24(28)26-17-22(20-8-4-2-5-9-20)21-10-6-3-7-11-21/h2-15,22H,16-17H2,1H3,(H,25,27)(H,26,28). The van der Waals surface area contributed by atoms with Gasteiger partial charge in [0.05, 0.1) is 0 Å². The van der Waals surface area contributed by atoms with Crippen molar-refractivity contribution in [2.45, 2.75) is 19.4 Å². The predicted octanol–water partition coefficient (Wildman–Crippen LogP) is 3.56. The summed E-state index contributed by atoms with van der Waals surface area (Å²) in [6.45, 7) is 2.68. The van der Waals surface area contributed by atoms with Gasteiger partial charge in [-0.05, 0) is 23.6 Å². The Morgan fingerprint density at radius 1 is 0.714 bits per heavy atom. The lowest BCUT2D eigenvalue weighted by Gasteiger charge is -2.18. The molecule has 4 heteroatoms. The Kier molecular flexibility index (Phi) is 6.58. The summed E-state index contributed by atoms with van der Waals surface area (Å²) in [5.41, 5.74) is 4.29. The van der Waals surface area contributed by atoms with Gasteiger partial charge in [-0.15, -0.1) is 0 Å². The molecule has 0 aliphatic carbocycles. The first-order valence-electron chi connectivity index (χ1n) is 9.35. The number of hydrogen-bond donors (Lipinski definition) is 2. The van der Waals surface area contributed by atoms with Crippen LogP contribution in [0.2, 0.25) is 0 Å². The van der Waals surface area contributed by atoms with Gasteiger partial charge in [-0.3, -0.25) is 9.59 Å². The fourth-order valence-corrected chi connectivity index (χ4v) is 3.04. The lowest BCUT2D eigenvalue weighted by molar-refractivity contribution is -0.139. The summed E-state index contributed by atoms with van der Waals surface area (Å²) in [5.74, 6) is -1.26. The Balaban J connectivity index is 1.60. The third kappa shape index (κ3) is 5.30. The summed E-state index contributed by atoms with van der Waals surface area (Å²) < 4.78 is 0. The molecule has 3 aromatic rings. The van der Waals surface area contributed by atoms with E-state index in [2.05, 4.69) is 10.6 Å². The second-order valence-electron chi connectivity index (χ2n) is 6.75. The molecule has 142 valence electrons. The first kappa shape index (κ1) is 19.4. The molecule has 2 amide bonds. The minimum absolute atomic E-state index is 0.0174. The fourth-order valence-electron chi connectivity index (χ4n) is 3.04. The van der Waals surface area contributed by atoms with Crippen LogP contribution in [0.3, 0.4) is 0 Å². The van der Waals surface area contributed by atoms with Crippen molar-refractivity contribution in [3.8, 4) is 0 Å². The van der Waals surface area contributed by atoms with Crippen molar-refractivity contribution in [2.75, 3.05) is 6.54 Å². The average molecular weight is 372 g/mol. The number of nitrogens with one attached hydrogen (secondary N) is 2. The molecule has 0 saturated heterocycles. The summed E-state index contributed by atoms with van der Waals surface area (Å²) in [5, 5.41) is 5.44. The van der Waals surface area contributed by atoms with Gasteiger partial charge >= 0.3 is 11.8 Å². The molecular weight excluding hydrogens is 348 g/mol. The largest absolute Gasteiger partial charge is 0.347 e. The minimum atomic E-state index is -0.625. The number of rotatable bonds is 6. The lowest BCUT2D eigenvalue weighted by Crippen LogP contribution is -2.41. The highest BCUT2D eigenvalue weighted by atomic mass is 16.2. The third-order valence-electron chi connectivity index (χ3n) is 4.65. The van der Waals surface area contributed by atoms with Crippen molar-refractivity contribution in [2.24, 2.45) is 0 Å². The SMILES string of the molecule is Cc1ccc(CNC(=O)C(=O)NCC(c2ccccc2)c2ccccc2)cc1. The molecule has 0 aliphatic heterocycles. The van der Waals surface area contributed by atoms with E-state index in [1.165, 1.54) is 0 Å². The second kappa shape index (κ2) is 9.51. The molecule has 0 fully saturated rings. The van der Waals surface area contributed by atoms with Gasteiger partial charge in [0.1, 0.15) is 0 Å². The molecule has 0 heterocycles. The number of aryl methyl sites for hydroxylation is 1. The topological polar surface area (TPSA) is 58.2 Å². The Labute approximate surface area is 165 Å². The van der Waals surface area contributed by atoms with Crippen molar-refractivity contribution in [3.05, 3.63) is 107 Å². The maximum absolute atomic E-state index is 12.3. The van der Waals surface area contributed by atoms with Crippen LogP contribution in [0.25, 0.3) is 0 Å². The van der Waals surface area contributed by atoms with Crippen LogP contribution >= 0.6 is 0 Å². The van der Waals surface area contributed by atoms with Gasteiger partial charge in [0.2, 0.25) is 0 Å². The number of hydrogen-bond acceptors (Lipinski definition) is 2. The highest BCUT2D eigenvalue weighted by Gasteiger charge is 2.18.